The zero-order valence-electron chi connectivity index (χ0n) is 15.6. The predicted molar refractivity (Wildman–Crippen MR) is 105 cm³/mol. The lowest BCUT2D eigenvalue weighted by atomic mass is 9.99. The molecule has 2 aromatic rings. The first-order valence-corrected chi connectivity index (χ1v) is 9.65. The van der Waals surface area contributed by atoms with E-state index < -0.39 is 0 Å². The highest BCUT2D eigenvalue weighted by atomic mass is 19.1. The van der Waals surface area contributed by atoms with Gasteiger partial charge in [0.2, 0.25) is 0 Å². The van der Waals surface area contributed by atoms with Gasteiger partial charge in [-0.2, -0.15) is 0 Å². The van der Waals surface area contributed by atoms with E-state index in [4.69, 9.17) is 0 Å². The maximum Gasteiger partial charge on any atom is 0.257 e. The van der Waals surface area contributed by atoms with E-state index in [1.807, 2.05) is 12.1 Å². The van der Waals surface area contributed by atoms with Crippen LogP contribution in [0.3, 0.4) is 0 Å². The van der Waals surface area contributed by atoms with Crippen molar-refractivity contribution in [2.75, 3.05) is 29.9 Å². The molecule has 3 heterocycles. The third kappa shape index (κ3) is 3.81. The molecule has 6 heteroatoms. The molecule has 0 radical (unpaired) electrons. The van der Waals surface area contributed by atoms with Crippen LogP contribution >= 0.6 is 0 Å². The lowest BCUT2D eigenvalue weighted by Gasteiger charge is -2.31. The van der Waals surface area contributed by atoms with Crippen LogP contribution in [0.25, 0.3) is 0 Å². The van der Waals surface area contributed by atoms with E-state index in [0.29, 0.717) is 24.1 Å². The minimum absolute atomic E-state index is 0.231. The van der Waals surface area contributed by atoms with Gasteiger partial charge in [0.25, 0.3) is 5.91 Å². The van der Waals surface area contributed by atoms with Crippen LogP contribution in [0.1, 0.15) is 41.3 Å². The van der Waals surface area contributed by atoms with Crippen molar-refractivity contribution in [2.24, 2.45) is 5.92 Å². The molecule has 27 heavy (non-hydrogen) atoms. The summed E-state index contributed by atoms with van der Waals surface area (Å²) in [5.41, 5.74) is 2.32. The number of rotatable bonds is 3. The van der Waals surface area contributed by atoms with Gasteiger partial charge in [-0.1, -0.05) is 13.0 Å². The molecule has 0 bridgehead atoms. The highest BCUT2D eigenvalue weighted by Crippen LogP contribution is 2.25. The topological polar surface area (TPSA) is 57.3 Å². The molecular weight excluding hydrogens is 343 g/mol. The molecule has 0 unspecified atom stereocenters. The van der Waals surface area contributed by atoms with Crippen molar-refractivity contribution in [3.8, 4) is 0 Å². The van der Waals surface area contributed by atoms with E-state index in [2.05, 4.69) is 27.4 Å². The summed E-state index contributed by atoms with van der Waals surface area (Å²) in [6, 6.07) is 7.14. The number of nitrogens with zero attached hydrogens (tertiary/aromatic N) is 2. The Labute approximate surface area is 159 Å². The van der Waals surface area contributed by atoms with Crippen molar-refractivity contribution in [3.63, 3.8) is 0 Å². The highest BCUT2D eigenvalue weighted by molar-refractivity contribution is 6.04. The Morgan fingerprint density at radius 3 is 2.81 bits per heavy atom. The number of aromatic nitrogens is 1. The average Bonchev–Trinajstić information content (AvgIpc) is 2.71. The van der Waals surface area contributed by atoms with Gasteiger partial charge in [0.1, 0.15) is 11.6 Å². The van der Waals surface area contributed by atoms with E-state index in [1.54, 1.807) is 18.3 Å². The van der Waals surface area contributed by atoms with Crippen LogP contribution < -0.4 is 15.5 Å². The van der Waals surface area contributed by atoms with E-state index in [0.717, 1.165) is 49.8 Å². The van der Waals surface area contributed by atoms with Crippen LogP contribution in [0.2, 0.25) is 0 Å². The molecule has 4 rings (SSSR count). The quantitative estimate of drug-likeness (QED) is 0.872. The van der Waals surface area contributed by atoms with Gasteiger partial charge >= 0.3 is 0 Å². The van der Waals surface area contributed by atoms with Crippen LogP contribution in [0.5, 0.6) is 0 Å². The van der Waals surface area contributed by atoms with E-state index in [1.165, 1.54) is 0 Å². The minimum Gasteiger partial charge on any atom is -0.357 e. The molecule has 2 N–H and O–H groups in total. The Morgan fingerprint density at radius 1 is 1.26 bits per heavy atom. The molecule has 1 aromatic heterocycles. The van der Waals surface area contributed by atoms with Crippen LogP contribution in [-0.4, -0.2) is 30.5 Å². The molecule has 0 saturated carbocycles. The van der Waals surface area contributed by atoms with Gasteiger partial charge in [-0.15, -0.1) is 0 Å². The van der Waals surface area contributed by atoms with Crippen molar-refractivity contribution in [2.45, 2.75) is 32.7 Å². The lowest BCUT2D eigenvalue weighted by Crippen LogP contribution is -2.33. The molecule has 2 aliphatic heterocycles. The Bertz CT molecular complexity index is 829. The van der Waals surface area contributed by atoms with Crippen LogP contribution in [-0.2, 0) is 13.0 Å². The number of carbonyl (C=O) groups excluding carboxylic acids is 1. The number of halogens is 1. The number of anilines is 2. The van der Waals surface area contributed by atoms with Crippen molar-refractivity contribution < 1.29 is 9.18 Å². The van der Waals surface area contributed by atoms with Gasteiger partial charge in [0, 0.05) is 25.8 Å². The third-order valence-electron chi connectivity index (χ3n) is 5.57. The Kier molecular flexibility index (Phi) is 5.07. The molecule has 0 aliphatic carbocycles. The third-order valence-corrected chi connectivity index (χ3v) is 5.57. The first kappa shape index (κ1) is 17.9. The first-order valence-electron chi connectivity index (χ1n) is 9.65. The number of pyridine rings is 1. The van der Waals surface area contributed by atoms with Crippen molar-refractivity contribution in [1.29, 1.82) is 0 Å². The number of piperidine rings is 1. The second-order valence-electron chi connectivity index (χ2n) is 7.52. The molecule has 1 aromatic carbocycles. The predicted octanol–water partition coefficient (Wildman–Crippen LogP) is 3.36. The lowest BCUT2D eigenvalue weighted by molar-refractivity contribution is 0.102. The summed E-state index contributed by atoms with van der Waals surface area (Å²) in [4.78, 5) is 19.2. The van der Waals surface area contributed by atoms with Gasteiger partial charge in [0.05, 0.1) is 11.3 Å². The fourth-order valence-electron chi connectivity index (χ4n) is 3.77. The summed E-state index contributed by atoms with van der Waals surface area (Å²) >= 11 is 0. The van der Waals surface area contributed by atoms with Gasteiger partial charge in [-0.25, -0.2) is 9.37 Å². The fourth-order valence-corrected chi connectivity index (χ4v) is 3.77. The second-order valence-corrected chi connectivity index (χ2v) is 7.52. The molecule has 142 valence electrons. The number of fused-ring (bicyclic) bond motifs is 1. The summed E-state index contributed by atoms with van der Waals surface area (Å²) in [7, 11) is 0. The van der Waals surface area contributed by atoms with Crippen molar-refractivity contribution in [3.05, 3.63) is 53.0 Å². The van der Waals surface area contributed by atoms with Gasteiger partial charge in [0.15, 0.2) is 0 Å². The SMILES string of the molecule is CC1CCN(c2ccc(C(=O)Nc3ccc4c(c3F)CCNC4)cn2)CC1. The molecular formula is C21H25FN4O. The van der Waals surface area contributed by atoms with Crippen LogP contribution in [0.4, 0.5) is 15.9 Å². The average molecular weight is 368 g/mol. The first-order chi connectivity index (χ1) is 13.1. The fraction of sp³-hybridized carbons (Fsp3) is 0.429. The zero-order chi connectivity index (χ0) is 18.8. The summed E-state index contributed by atoms with van der Waals surface area (Å²) in [5.74, 6) is 0.989. The highest BCUT2D eigenvalue weighted by Gasteiger charge is 2.19. The van der Waals surface area contributed by atoms with Gasteiger partial charge in [-0.05, 0) is 61.1 Å². The number of hydrogen-bond acceptors (Lipinski definition) is 4. The monoisotopic (exact) mass is 368 g/mol. The molecule has 1 amide bonds. The number of nitrogens with one attached hydrogen (secondary N) is 2. The number of hydrogen-bond donors (Lipinski definition) is 2. The number of amides is 1. The Hall–Kier alpha value is -2.47. The number of carbonyl (C=O) groups is 1. The summed E-state index contributed by atoms with van der Waals surface area (Å²) in [6.07, 6.45) is 4.53. The summed E-state index contributed by atoms with van der Waals surface area (Å²) in [6.45, 7) is 5.68. The van der Waals surface area contributed by atoms with Crippen molar-refractivity contribution >= 4 is 17.4 Å². The Balaban J connectivity index is 1.46. The standard InChI is InChI=1S/C21H25FN4O/c1-14-7-10-26(11-8-14)19-5-3-16(13-24-19)21(27)25-18-4-2-15-12-23-9-6-17(15)20(18)22/h2-5,13-14,23H,6-12H2,1H3,(H,25,27). The van der Waals surface area contributed by atoms with Crippen LogP contribution in [0, 0.1) is 11.7 Å². The summed E-state index contributed by atoms with van der Waals surface area (Å²) < 4.78 is 14.7. The largest absolute Gasteiger partial charge is 0.357 e. The van der Waals surface area contributed by atoms with Gasteiger partial charge < -0.3 is 15.5 Å². The van der Waals surface area contributed by atoms with Crippen LogP contribution in [0.15, 0.2) is 30.5 Å². The smallest absolute Gasteiger partial charge is 0.257 e. The molecule has 2 aliphatic rings. The maximum absolute atomic E-state index is 14.7. The normalized spacial score (nSPS) is 17.5. The molecule has 1 saturated heterocycles. The number of benzene rings is 1. The Morgan fingerprint density at radius 2 is 2.07 bits per heavy atom. The van der Waals surface area contributed by atoms with E-state index in [-0.39, 0.29) is 17.4 Å². The molecule has 5 nitrogen and oxygen atoms in total. The second kappa shape index (κ2) is 7.64. The molecule has 0 atom stereocenters. The van der Waals surface area contributed by atoms with E-state index >= 15 is 0 Å². The maximum atomic E-state index is 14.7. The zero-order valence-corrected chi connectivity index (χ0v) is 15.6. The molecule has 0 spiro atoms. The minimum atomic E-state index is -0.339. The van der Waals surface area contributed by atoms with Crippen molar-refractivity contribution in [1.82, 2.24) is 10.3 Å². The van der Waals surface area contributed by atoms with E-state index in [9.17, 15) is 9.18 Å². The summed E-state index contributed by atoms with van der Waals surface area (Å²) in [5, 5.41) is 5.92. The molecule has 1 fully saturated rings. The van der Waals surface area contributed by atoms with Gasteiger partial charge in [-0.3, -0.25) is 4.79 Å².